The summed E-state index contributed by atoms with van der Waals surface area (Å²) in [6, 6.07) is 9.18. The molecule has 0 amide bonds. The minimum absolute atomic E-state index is 0.0385. The molecule has 0 saturated heterocycles. The van der Waals surface area contributed by atoms with Crippen LogP contribution in [0.25, 0.3) is 11.4 Å². The van der Waals surface area contributed by atoms with Gasteiger partial charge < -0.3 is 0 Å². The van der Waals surface area contributed by atoms with Gasteiger partial charge in [-0.05, 0) is 24.3 Å². The fourth-order valence-electron chi connectivity index (χ4n) is 1.38. The lowest BCUT2D eigenvalue weighted by molar-refractivity contribution is 0.151. The van der Waals surface area contributed by atoms with Crippen molar-refractivity contribution in [1.82, 2.24) is 9.97 Å². The van der Waals surface area contributed by atoms with E-state index in [1.807, 2.05) is 0 Å². The van der Waals surface area contributed by atoms with Crippen molar-refractivity contribution < 1.29 is 8.78 Å². The quantitative estimate of drug-likeness (QED) is 0.798. The summed E-state index contributed by atoms with van der Waals surface area (Å²) in [5, 5.41) is 8.74. The smallest absolute Gasteiger partial charge is 0.255 e. The second-order valence-electron chi connectivity index (χ2n) is 3.30. The number of halogens is 2. The molecule has 0 aliphatic heterocycles. The molecule has 0 aliphatic carbocycles. The molecule has 0 bridgehead atoms. The highest BCUT2D eigenvalue weighted by atomic mass is 19.3. The minimum Gasteiger partial charge on any atom is -0.255 e. The van der Waals surface area contributed by atoms with Crippen molar-refractivity contribution in [2.24, 2.45) is 0 Å². The molecule has 2 aromatic heterocycles. The Bertz CT molecular complexity index is 562. The Morgan fingerprint density at radius 3 is 2.59 bits per heavy atom. The predicted molar refractivity (Wildman–Crippen MR) is 57.1 cm³/mol. The van der Waals surface area contributed by atoms with E-state index in [2.05, 4.69) is 9.97 Å². The predicted octanol–water partition coefficient (Wildman–Crippen LogP) is 2.95. The molecule has 84 valence electrons. The van der Waals surface area contributed by atoms with E-state index in [-0.39, 0.29) is 17.0 Å². The average molecular weight is 231 g/mol. The molecule has 0 aromatic carbocycles. The zero-order valence-electron chi connectivity index (χ0n) is 8.64. The first-order valence-corrected chi connectivity index (χ1v) is 4.82. The van der Waals surface area contributed by atoms with Gasteiger partial charge in [-0.2, -0.15) is 5.26 Å². The molecule has 0 N–H and O–H groups in total. The van der Waals surface area contributed by atoms with Gasteiger partial charge >= 0.3 is 0 Å². The standard InChI is InChI=1S/C12H7F2N3/c13-12(14)8-5-9(7-15)17-11(6-8)10-3-1-2-4-16-10/h1-6,12H. The number of alkyl halides is 2. The maximum absolute atomic E-state index is 12.6. The van der Waals surface area contributed by atoms with E-state index in [0.29, 0.717) is 5.69 Å². The lowest BCUT2D eigenvalue weighted by Crippen LogP contribution is -1.94. The van der Waals surface area contributed by atoms with E-state index >= 15 is 0 Å². The highest BCUT2D eigenvalue weighted by Gasteiger charge is 2.12. The van der Waals surface area contributed by atoms with Crippen LogP contribution in [0.5, 0.6) is 0 Å². The third kappa shape index (κ3) is 2.42. The Labute approximate surface area is 96.4 Å². The minimum atomic E-state index is -2.63. The summed E-state index contributed by atoms with van der Waals surface area (Å²) >= 11 is 0. The molecule has 2 heterocycles. The molecule has 0 saturated carbocycles. The first kappa shape index (κ1) is 11.1. The van der Waals surface area contributed by atoms with Gasteiger partial charge in [0.2, 0.25) is 0 Å². The molecular formula is C12H7F2N3. The van der Waals surface area contributed by atoms with Crippen LogP contribution in [0.3, 0.4) is 0 Å². The average Bonchev–Trinajstić information content (AvgIpc) is 2.39. The van der Waals surface area contributed by atoms with Crippen LogP contribution in [0.1, 0.15) is 17.7 Å². The van der Waals surface area contributed by atoms with Crippen LogP contribution in [0, 0.1) is 11.3 Å². The van der Waals surface area contributed by atoms with Crippen molar-refractivity contribution in [2.75, 3.05) is 0 Å². The van der Waals surface area contributed by atoms with Gasteiger partial charge in [0, 0.05) is 11.8 Å². The number of nitriles is 1. The van der Waals surface area contributed by atoms with Gasteiger partial charge in [-0.1, -0.05) is 6.07 Å². The fraction of sp³-hybridized carbons (Fsp3) is 0.0833. The number of rotatable bonds is 2. The highest BCUT2D eigenvalue weighted by molar-refractivity contribution is 5.56. The topological polar surface area (TPSA) is 49.6 Å². The molecular weight excluding hydrogens is 224 g/mol. The SMILES string of the molecule is N#Cc1cc(C(F)F)cc(-c2ccccn2)n1. The van der Waals surface area contributed by atoms with Crippen LogP contribution in [0.15, 0.2) is 36.5 Å². The van der Waals surface area contributed by atoms with E-state index in [0.717, 1.165) is 6.07 Å². The Morgan fingerprint density at radius 2 is 2.00 bits per heavy atom. The Balaban J connectivity index is 2.55. The van der Waals surface area contributed by atoms with Gasteiger partial charge in [0.1, 0.15) is 11.8 Å². The number of hydrogen-bond acceptors (Lipinski definition) is 3. The van der Waals surface area contributed by atoms with Crippen molar-refractivity contribution in [2.45, 2.75) is 6.43 Å². The van der Waals surface area contributed by atoms with Crippen LogP contribution < -0.4 is 0 Å². The van der Waals surface area contributed by atoms with Crippen LogP contribution >= 0.6 is 0 Å². The number of pyridine rings is 2. The van der Waals surface area contributed by atoms with Gasteiger partial charge in [-0.15, -0.1) is 0 Å². The van der Waals surface area contributed by atoms with Crippen LogP contribution in [-0.2, 0) is 0 Å². The maximum atomic E-state index is 12.6. The number of aromatic nitrogens is 2. The normalized spacial score (nSPS) is 10.2. The van der Waals surface area contributed by atoms with Gasteiger partial charge in [-0.25, -0.2) is 13.8 Å². The third-order valence-corrected chi connectivity index (χ3v) is 2.14. The Morgan fingerprint density at radius 1 is 1.18 bits per heavy atom. The van der Waals surface area contributed by atoms with Gasteiger partial charge in [0.05, 0.1) is 11.4 Å². The lowest BCUT2D eigenvalue weighted by Gasteiger charge is -2.04. The largest absolute Gasteiger partial charge is 0.264 e. The van der Waals surface area contributed by atoms with Crippen LogP contribution in [-0.4, -0.2) is 9.97 Å². The molecule has 5 heteroatoms. The molecule has 2 aromatic rings. The summed E-state index contributed by atoms with van der Waals surface area (Å²) in [6.45, 7) is 0. The maximum Gasteiger partial charge on any atom is 0.264 e. The molecule has 17 heavy (non-hydrogen) atoms. The first-order valence-electron chi connectivity index (χ1n) is 4.82. The van der Waals surface area contributed by atoms with E-state index in [1.54, 1.807) is 24.3 Å². The molecule has 0 aliphatic rings. The van der Waals surface area contributed by atoms with Crippen molar-refractivity contribution in [3.05, 3.63) is 47.8 Å². The monoisotopic (exact) mass is 231 g/mol. The van der Waals surface area contributed by atoms with Crippen molar-refractivity contribution in [3.63, 3.8) is 0 Å². The summed E-state index contributed by atoms with van der Waals surface area (Å²) in [5.41, 5.74) is 0.479. The van der Waals surface area contributed by atoms with Crippen molar-refractivity contribution in [3.8, 4) is 17.5 Å². The second kappa shape index (κ2) is 4.66. The van der Waals surface area contributed by atoms with E-state index in [4.69, 9.17) is 5.26 Å². The third-order valence-electron chi connectivity index (χ3n) is 2.14. The summed E-state index contributed by atoms with van der Waals surface area (Å²) in [4.78, 5) is 7.96. The van der Waals surface area contributed by atoms with Gasteiger partial charge in [0.15, 0.2) is 0 Å². The van der Waals surface area contributed by atoms with E-state index in [1.165, 1.54) is 12.3 Å². The summed E-state index contributed by atoms with van der Waals surface area (Å²) in [6.07, 6.45) is -1.09. The molecule has 0 atom stereocenters. The van der Waals surface area contributed by atoms with Gasteiger partial charge in [-0.3, -0.25) is 4.98 Å². The lowest BCUT2D eigenvalue weighted by atomic mass is 10.1. The molecule has 2 rings (SSSR count). The van der Waals surface area contributed by atoms with E-state index < -0.39 is 6.43 Å². The molecule has 3 nitrogen and oxygen atoms in total. The number of nitrogens with zero attached hydrogens (tertiary/aromatic N) is 3. The van der Waals surface area contributed by atoms with E-state index in [9.17, 15) is 8.78 Å². The van der Waals surface area contributed by atoms with Crippen molar-refractivity contribution >= 4 is 0 Å². The fourth-order valence-corrected chi connectivity index (χ4v) is 1.38. The van der Waals surface area contributed by atoms with Crippen LogP contribution in [0.4, 0.5) is 8.78 Å². The second-order valence-corrected chi connectivity index (χ2v) is 3.30. The summed E-state index contributed by atoms with van der Waals surface area (Å²) in [5.74, 6) is 0. The molecule has 0 radical (unpaired) electrons. The molecule has 0 spiro atoms. The zero-order chi connectivity index (χ0) is 12.3. The zero-order valence-corrected chi connectivity index (χ0v) is 8.64. The Kier molecular flexibility index (Phi) is 3.06. The van der Waals surface area contributed by atoms with Gasteiger partial charge in [0.25, 0.3) is 6.43 Å². The van der Waals surface area contributed by atoms with Crippen molar-refractivity contribution in [1.29, 1.82) is 5.26 Å². The molecule has 0 unspecified atom stereocenters. The Hall–Kier alpha value is -2.35. The van der Waals surface area contributed by atoms with Crippen LogP contribution in [0.2, 0.25) is 0 Å². The first-order chi connectivity index (χ1) is 8.20. The summed E-state index contributed by atoms with van der Waals surface area (Å²) < 4.78 is 25.2. The number of hydrogen-bond donors (Lipinski definition) is 0. The highest BCUT2D eigenvalue weighted by Crippen LogP contribution is 2.23. The summed E-state index contributed by atoms with van der Waals surface area (Å²) in [7, 11) is 0. The molecule has 0 fully saturated rings.